The molecule has 0 spiro atoms. The first-order valence-corrected chi connectivity index (χ1v) is 7.15. The summed E-state index contributed by atoms with van der Waals surface area (Å²) < 4.78 is 13.7. The van der Waals surface area contributed by atoms with Gasteiger partial charge in [-0.1, -0.05) is 72.8 Å². The molecule has 0 amide bonds. The molecule has 0 heterocycles. The van der Waals surface area contributed by atoms with Crippen molar-refractivity contribution in [1.29, 1.82) is 0 Å². The van der Waals surface area contributed by atoms with Crippen molar-refractivity contribution < 1.29 is 4.39 Å². The molecular weight excluding hydrogens is 283 g/mol. The number of benzene rings is 3. The van der Waals surface area contributed by atoms with Gasteiger partial charge >= 0.3 is 0 Å². The second-order valence-electron chi connectivity index (χ2n) is 4.90. The fraction of sp³-hybridized carbons (Fsp3) is 0.0526. The first-order chi connectivity index (χ1) is 10.2. The van der Waals surface area contributed by atoms with Crippen LogP contribution in [-0.4, -0.2) is 0 Å². The molecule has 0 unspecified atom stereocenters. The second-order valence-corrected chi connectivity index (χ2v) is 5.47. The average Bonchev–Trinajstić information content (AvgIpc) is 2.56. The van der Waals surface area contributed by atoms with Gasteiger partial charge in [0.25, 0.3) is 0 Å². The normalized spacial score (nSPS) is 11.3. The van der Waals surface area contributed by atoms with Crippen molar-refractivity contribution >= 4 is 11.6 Å². The smallest absolute Gasteiger partial charge is 0.123 e. The predicted octanol–water partition coefficient (Wildman–Crippen LogP) is 5.36. The van der Waals surface area contributed by atoms with Gasteiger partial charge in [0.2, 0.25) is 0 Å². The highest BCUT2D eigenvalue weighted by Gasteiger charge is 2.34. The summed E-state index contributed by atoms with van der Waals surface area (Å²) in [4.78, 5) is -0.898. The molecule has 0 aromatic heterocycles. The van der Waals surface area contributed by atoms with Gasteiger partial charge in [-0.25, -0.2) is 4.39 Å². The molecule has 2 heteroatoms. The number of hydrogen-bond donors (Lipinski definition) is 0. The highest BCUT2D eigenvalue weighted by atomic mass is 35.5. The zero-order valence-electron chi connectivity index (χ0n) is 11.3. The Labute approximate surface area is 128 Å². The standard InChI is InChI=1S/C19H14ClF/c20-19(15-8-3-1-4-9-15,16-10-5-2-6-11-16)17-12-7-13-18(21)14-17/h1-14H. The maximum atomic E-state index is 13.7. The van der Waals surface area contributed by atoms with Gasteiger partial charge in [-0.15, -0.1) is 11.6 Å². The van der Waals surface area contributed by atoms with E-state index in [1.54, 1.807) is 6.07 Å². The van der Waals surface area contributed by atoms with E-state index in [-0.39, 0.29) is 5.82 Å². The Kier molecular flexibility index (Phi) is 3.76. The lowest BCUT2D eigenvalue weighted by Crippen LogP contribution is -2.22. The van der Waals surface area contributed by atoms with Crippen molar-refractivity contribution in [1.82, 2.24) is 0 Å². The highest BCUT2D eigenvalue weighted by molar-refractivity contribution is 6.28. The summed E-state index contributed by atoms with van der Waals surface area (Å²) in [6, 6.07) is 26.0. The van der Waals surface area contributed by atoms with Crippen LogP contribution in [0.15, 0.2) is 84.9 Å². The topological polar surface area (TPSA) is 0 Å². The van der Waals surface area contributed by atoms with Crippen LogP contribution in [0.2, 0.25) is 0 Å². The summed E-state index contributed by atoms with van der Waals surface area (Å²) in [6.07, 6.45) is 0. The van der Waals surface area contributed by atoms with E-state index in [0.29, 0.717) is 0 Å². The van der Waals surface area contributed by atoms with Gasteiger partial charge in [0, 0.05) is 0 Å². The van der Waals surface area contributed by atoms with Gasteiger partial charge in [-0.2, -0.15) is 0 Å². The van der Waals surface area contributed by atoms with E-state index in [2.05, 4.69) is 0 Å². The molecular formula is C19H14ClF. The summed E-state index contributed by atoms with van der Waals surface area (Å²) in [7, 11) is 0. The molecule has 0 bridgehead atoms. The van der Waals surface area contributed by atoms with Crippen molar-refractivity contribution in [3.05, 3.63) is 107 Å². The average molecular weight is 297 g/mol. The van der Waals surface area contributed by atoms with Gasteiger partial charge in [0.05, 0.1) is 0 Å². The third-order valence-corrected chi connectivity index (χ3v) is 4.22. The number of hydrogen-bond acceptors (Lipinski definition) is 0. The van der Waals surface area contributed by atoms with Crippen molar-refractivity contribution in [2.75, 3.05) is 0 Å². The molecule has 0 aliphatic heterocycles. The Morgan fingerprint density at radius 2 is 1.10 bits per heavy atom. The fourth-order valence-corrected chi connectivity index (χ4v) is 2.91. The van der Waals surface area contributed by atoms with Crippen molar-refractivity contribution in [3.63, 3.8) is 0 Å². The zero-order valence-corrected chi connectivity index (χ0v) is 12.1. The Morgan fingerprint density at radius 3 is 1.57 bits per heavy atom. The van der Waals surface area contributed by atoms with Crippen LogP contribution in [0.3, 0.4) is 0 Å². The van der Waals surface area contributed by atoms with Crippen LogP contribution in [-0.2, 0) is 4.87 Å². The minimum absolute atomic E-state index is 0.288. The molecule has 104 valence electrons. The summed E-state index contributed by atoms with van der Waals surface area (Å²) in [5.74, 6) is -0.288. The van der Waals surface area contributed by atoms with Gasteiger partial charge < -0.3 is 0 Å². The summed E-state index contributed by atoms with van der Waals surface area (Å²) in [5.41, 5.74) is 2.56. The second kappa shape index (κ2) is 5.71. The van der Waals surface area contributed by atoms with Crippen LogP contribution in [0.1, 0.15) is 16.7 Å². The van der Waals surface area contributed by atoms with E-state index >= 15 is 0 Å². The number of halogens is 2. The van der Waals surface area contributed by atoms with Crippen LogP contribution in [0.25, 0.3) is 0 Å². The van der Waals surface area contributed by atoms with Crippen molar-refractivity contribution in [2.45, 2.75) is 4.87 Å². The Bertz CT molecular complexity index is 683. The van der Waals surface area contributed by atoms with E-state index in [1.165, 1.54) is 12.1 Å². The fourth-order valence-electron chi connectivity index (χ4n) is 2.54. The third-order valence-electron chi connectivity index (χ3n) is 3.57. The molecule has 3 aromatic carbocycles. The molecule has 0 saturated carbocycles. The molecule has 0 aliphatic rings. The molecule has 3 aromatic rings. The Balaban J connectivity index is 2.25. The van der Waals surface area contributed by atoms with Crippen LogP contribution in [0.4, 0.5) is 4.39 Å². The quantitative estimate of drug-likeness (QED) is 0.451. The van der Waals surface area contributed by atoms with Crippen LogP contribution in [0.5, 0.6) is 0 Å². The Hall–Kier alpha value is -2.12. The monoisotopic (exact) mass is 296 g/mol. The SMILES string of the molecule is Fc1cccc(C(Cl)(c2ccccc2)c2ccccc2)c1. The minimum atomic E-state index is -0.898. The maximum Gasteiger partial charge on any atom is 0.123 e. The van der Waals surface area contributed by atoms with E-state index in [4.69, 9.17) is 11.6 Å². The zero-order chi connectivity index (χ0) is 14.7. The lowest BCUT2D eigenvalue weighted by atomic mass is 9.84. The molecule has 0 radical (unpaired) electrons. The molecule has 0 N–H and O–H groups in total. The van der Waals surface area contributed by atoms with Crippen LogP contribution < -0.4 is 0 Å². The molecule has 21 heavy (non-hydrogen) atoms. The lowest BCUT2D eigenvalue weighted by molar-refractivity contribution is 0.623. The summed E-state index contributed by atoms with van der Waals surface area (Å²) in [5, 5.41) is 0. The van der Waals surface area contributed by atoms with E-state index in [1.807, 2.05) is 66.7 Å². The minimum Gasteiger partial charge on any atom is -0.207 e. The number of rotatable bonds is 3. The van der Waals surface area contributed by atoms with Gasteiger partial charge in [0.15, 0.2) is 0 Å². The maximum absolute atomic E-state index is 13.7. The van der Waals surface area contributed by atoms with Crippen LogP contribution in [0, 0.1) is 5.82 Å². The van der Waals surface area contributed by atoms with Gasteiger partial charge in [-0.05, 0) is 28.8 Å². The first-order valence-electron chi connectivity index (χ1n) is 6.77. The number of alkyl halides is 1. The summed E-state index contributed by atoms with van der Waals surface area (Å²) >= 11 is 7.02. The van der Waals surface area contributed by atoms with Crippen LogP contribution >= 0.6 is 11.6 Å². The highest BCUT2D eigenvalue weighted by Crippen LogP contribution is 2.42. The first kappa shape index (κ1) is 13.8. The predicted molar refractivity (Wildman–Crippen MR) is 85.0 cm³/mol. The van der Waals surface area contributed by atoms with Crippen molar-refractivity contribution in [3.8, 4) is 0 Å². The summed E-state index contributed by atoms with van der Waals surface area (Å²) in [6.45, 7) is 0. The molecule has 3 rings (SSSR count). The van der Waals surface area contributed by atoms with Gasteiger partial charge in [0.1, 0.15) is 10.7 Å². The molecule has 0 saturated heterocycles. The molecule has 0 fully saturated rings. The third kappa shape index (κ3) is 2.57. The largest absolute Gasteiger partial charge is 0.207 e. The molecule has 0 aliphatic carbocycles. The lowest BCUT2D eigenvalue weighted by Gasteiger charge is -2.29. The molecule has 0 nitrogen and oxygen atoms in total. The molecule has 0 atom stereocenters. The van der Waals surface area contributed by atoms with Crippen molar-refractivity contribution in [2.24, 2.45) is 0 Å². The van der Waals surface area contributed by atoms with E-state index < -0.39 is 4.87 Å². The van der Waals surface area contributed by atoms with E-state index in [9.17, 15) is 4.39 Å². The van der Waals surface area contributed by atoms with E-state index in [0.717, 1.165) is 16.7 Å². The van der Waals surface area contributed by atoms with Gasteiger partial charge in [-0.3, -0.25) is 0 Å². The Morgan fingerprint density at radius 1 is 0.619 bits per heavy atom.